The van der Waals surface area contributed by atoms with Gasteiger partial charge in [0.15, 0.2) is 5.69 Å². The highest BCUT2D eigenvalue weighted by molar-refractivity contribution is 5.87. The van der Waals surface area contributed by atoms with Crippen molar-refractivity contribution in [2.45, 2.75) is 52.5 Å². The maximum atomic E-state index is 11.4. The molecule has 1 unspecified atom stereocenters. The Bertz CT molecular complexity index is 435. The highest BCUT2D eigenvalue weighted by Gasteiger charge is 2.28. The van der Waals surface area contributed by atoms with Crippen LogP contribution < -0.4 is 0 Å². The van der Waals surface area contributed by atoms with E-state index in [4.69, 9.17) is 0 Å². The number of carbonyl (C=O) groups is 1. The zero-order chi connectivity index (χ0) is 12.6. The minimum absolute atomic E-state index is 0.194. The molecular weight excluding hydrogens is 216 g/mol. The molecule has 1 aromatic heterocycles. The third kappa shape index (κ3) is 2.08. The second-order valence-corrected chi connectivity index (χ2v) is 5.21. The molecule has 0 aliphatic carbocycles. The Morgan fingerprint density at radius 1 is 1.35 bits per heavy atom. The number of imidazole rings is 1. The fourth-order valence-corrected chi connectivity index (χ4v) is 2.36. The lowest BCUT2D eigenvalue weighted by molar-refractivity contribution is 0.0681. The third-order valence-corrected chi connectivity index (χ3v) is 3.74. The summed E-state index contributed by atoms with van der Waals surface area (Å²) in [6.45, 7) is 7.07. The van der Waals surface area contributed by atoms with Crippen LogP contribution in [0, 0.1) is 5.92 Å². The minimum atomic E-state index is -0.840. The third-order valence-electron chi connectivity index (χ3n) is 3.74. The van der Waals surface area contributed by atoms with Crippen LogP contribution in [0.4, 0.5) is 0 Å². The number of aromatic nitrogens is 2. The monoisotopic (exact) mass is 236 g/mol. The molecular formula is C13H20N2O2. The molecule has 0 spiro atoms. The smallest absolute Gasteiger partial charge is 0.354 e. The normalized spacial score (nSPS) is 16.9. The van der Waals surface area contributed by atoms with Crippen LogP contribution in [-0.4, -0.2) is 20.6 Å². The summed E-state index contributed by atoms with van der Waals surface area (Å²) in [5.74, 6) is 0.716. The lowest BCUT2D eigenvalue weighted by atomic mass is 9.93. The average Bonchev–Trinajstić information content (AvgIpc) is 2.66. The van der Waals surface area contributed by atoms with Crippen LogP contribution in [0.15, 0.2) is 0 Å². The Hall–Kier alpha value is -1.32. The summed E-state index contributed by atoms with van der Waals surface area (Å²) in [6.07, 6.45) is 3.08. The number of carboxylic acids is 1. The molecule has 0 saturated heterocycles. The van der Waals surface area contributed by atoms with Crippen molar-refractivity contribution >= 4 is 5.97 Å². The van der Waals surface area contributed by atoms with Gasteiger partial charge in [-0.15, -0.1) is 0 Å². The molecule has 1 aliphatic rings. The van der Waals surface area contributed by atoms with Crippen molar-refractivity contribution in [1.82, 2.24) is 9.55 Å². The van der Waals surface area contributed by atoms with Gasteiger partial charge in [-0.2, -0.15) is 0 Å². The summed E-state index contributed by atoms with van der Waals surface area (Å²) >= 11 is 0. The van der Waals surface area contributed by atoms with Crippen molar-refractivity contribution in [1.29, 1.82) is 0 Å². The molecule has 94 valence electrons. The second-order valence-electron chi connectivity index (χ2n) is 5.21. The van der Waals surface area contributed by atoms with Crippen LogP contribution in [0.3, 0.4) is 0 Å². The molecule has 4 nitrogen and oxygen atoms in total. The van der Waals surface area contributed by atoms with Crippen LogP contribution in [-0.2, 0) is 13.0 Å². The number of aromatic carboxylic acids is 1. The molecule has 0 amide bonds. The maximum Gasteiger partial charge on any atom is 0.354 e. The van der Waals surface area contributed by atoms with Crippen molar-refractivity contribution in [3.05, 3.63) is 17.2 Å². The Kier molecular flexibility index (Phi) is 3.22. The summed E-state index contributed by atoms with van der Waals surface area (Å²) in [5.41, 5.74) is 1.19. The zero-order valence-corrected chi connectivity index (χ0v) is 10.7. The Morgan fingerprint density at radius 3 is 2.65 bits per heavy atom. The number of rotatable bonds is 3. The maximum absolute atomic E-state index is 11.4. The lowest BCUT2D eigenvalue weighted by Crippen LogP contribution is -2.17. The number of hydrogen-bond donors (Lipinski definition) is 1. The molecule has 2 rings (SSSR count). The van der Waals surface area contributed by atoms with Gasteiger partial charge in [-0.1, -0.05) is 20.8 Å². The first kappa shape index (κ1) is 12.1. The van der Waals surface area contributed by atoms with Gasteiger partial charge in [0, 0.05) is 18.9 Å². The number of aryl methyl sites for hydroxylation is 1. The summed E-state index contributed by atoms with van der Waals surface area (Å²) in [5, 5.41) is 9.38. The van der Waals surface area contributed by atoms with E-state index in [9.17, 15) is 9.90 Å². The SMILES string of the molecule is CC(C)C(C)c1nc2n(c1C(=O)O)CCCC2. The predicted octanol–water partition coefficient (Wildman–Crippen LogP) is 2.68. The number of hydrogen-bond acceptors (Lipinski definition) is 2. The summed E-state index contributed by atoms with van der Waals surface area (Å²) in [6, 6.07) is 0. The topological polar surface area (TPSA) is 55.1 Å². The fourth-order valence-electron chi connectivity index (χ4n) is 2.36. The van der Waals surface area contributed by atoms with Gasteiger partial charge in [0.25, 0.3) is 0 Å². The number of carboxylic acid groups (broad SMARTS) is 1. The molecule has 0 fully saturated rings. The highest BCUT2D eigenvalue weighted by atomic mass is 16.4. The standard InChI is InChI=1S/C13H20N2O2/c1-8(2)9(3)11-12(13(16)17)15-7-5-4-6-10(15)14-11/h8-9H,4-7H2,1-3H3,(H,16,17). The largest absolute Gasteiger partial charge is 0.477 e. The van der Waals surface area contributed by atoms with Gasteiger partial charge in [-0.25, -0.2) is 9.78 Å². The molecule has 0 bridgehead atoms. The van der Waals surface area contributed by atoms with Gasteiger partial charge >= 0.3 is 5.97 Å². The molecule has 1 aromatic rings. The first-order valence-corrected chi connectivity index (χ1v) is 6.35. The lowest BCUT2D eigenvalue weighted by Gasteiger charge is -2.16. The van der Waals surface area contributed by atoms with E-state index in [0.717, 1.165) is 37.3 Å². The molecule has 0 aromatic carbocycles. The fraction of sp³-hybridized carbons (Fsp3) is 0.692. The molecule has 1 aliphatic heterocycles. The molecule has 1 N–H and O–H groups in total. The van der Waals surface area contributed by atoms with Crippen LogP contribution in [0.2, 0.25) is 0 Å². The van der Waals surface area contributed by atoms with Crippen LogP contribution >= 0.6 is 0 Å². The Labute approximate surface area is 102 Å². The van der Waals surface area contributed by atoms with E-state index < -0.39 is 5.97 Å². The van der Waals surface area contributed by atoms with Gasteiger partial charge in [0.1, 0.15) is 5.82 Å². The first-order chi connectivity index (χ1) is 8.02. The van der Waals surface area contributed by atoms with E-state index in [1.54, 1.807) is 0 Å². The van der Waals surface area contributed by atoms with Crippen LogP contribution in [0.5, 0.6) is 0 Å². The van der Waals surface area contributed by atoms with E-state index in [0.29, 0.717) is 11.6 Å². The molecule has 4 heteroatoms. The van der Waals surface area contributed by atoms with E-state index >= 15 is 0 Å². The summed E-state index contributed by atoms with van der Waals surface area (Å²) < 4.78 is 1.90. The molecule has 2 heterocycles. The highest BCUT2D eigenvalue weighted by Crippen LogP contribution is 2.29. The predicted molar refractivity (Wildman–Crippen MR) is 65.4 cm³/mol. The van der Waals surface area contributed by atoms with Crippen molar-refractivity contribution in [2.24, 2.45) is 5.92 Å². The van der Waals surface area contributed by atoms with Gasteiger partial charge in [-0.3, -0.25) is 0 Å². The van der Waals surface area contributed by atoms with Gasteiger partial charge in [0.05, 0.1) is 5.69 Å². The van der Waals surface area contributed by atoms with Gasteiger partial charge in [0.2, 0.25) is 0 Å². The number of fused-ring (bicyclic) bond motifs is 1. The van der Waals surface area contributed by atoms with Crippen molar-refractivity contribution < 1.29 is 9.90 Å². The average molecular weight is 236 g/mol. The molecule has 0 radical (unpaired) electrons. The molecule has 17 heavy (non-hydrogen) atoms. The first-order valence-electron chi connectivity index (χ1n) is 6.35. The van der Waals surface area contributed by atoms with E-state index in [1.165, 1.54) is 0 Å². The molecule has 0 saturated carbocycles. The van der Waals surface area contributed by atoms with Gasteiger partial charge < -0.3 is 9.67 Å². The summed E-state index contributed by atoms with van der Waals surface area (Å²) in [4.78, 5) is 16.0. The zero-order valence-electron chi connectivity index (χ0n) is 10.7. The second kappa shape index (κ2) is 4.51. The van der Waals surface area contributed by atoms with Crippen LogP contribution in [0.1, 0.15) is 61.5 Å². The van der Waals surface area contributed by atoms with Crippen molar-refractivity contribution in [3.8, 4) is 0 Å². The van der Waals surface area contributed by atoms with Crippen LogP contribution in [0.25, 0.3) is 0 Å². The van der Waals surface area contributed by atoms with E-state index in [-0.39, 0.29) is 5.92 Å². The Morgan fingerprint density at radius 2 is 2.06 bits per heavy atom. The van der Waals surface area contributed by atoms with E-state index in [1.807, 2.05) is 4.57 Å². The quantitative estimate of drug-likeness (QED) is 0.877. The minimum Gasteiger partial charge on any atom is -0.477 e. The van der Waals surface area contributed by atoms with E-state index in [2.05, 4.69) is 25.8 Å². The number of nitrogens with zero attached hydrogens (tertiary/aromatic N) is 2. The summed E-state index contributed by atoms with van der Waals surface area (Å²) in [7, 11) is 0. The van der Waals surface area contributed by atoms with Crippen molar-refractivity contribution in [3.63, 3.8) is 0 Å². The van der Waals surface area contributed by atoms with Crippen molar-refractivity contribution in [2.75, 3.05) is 0 Å². The van der Waals surface area contributed by atoms with Gasteiger partial charge in [-0.05, 0) is 18.8 Å². The Balaban J connectivity index is 2.51. The molecule has 1 atom stereocenters.